The summed E-state index contributed by atoms with van der Waals surface area (Å²) in [7, 11) is 1.58. The number of rotatable bonds is 3. The fraction of sp³-hybridized carbons (Fsp3) is 0.333. The van der Waals surface area contributed by atoms with Gasteiger partial charge in [0.05, 0.1) is 11.6 Å². The third kappa shape index (κ3) is 1.70. The van der Waals surface area contributed by atoms with Crippen LogP contribution in [-0.4, -0.2) is 13.9 Å². The van der Waals surface area contributed by atoms with Crippen LogP contribution in [0.4, 0.5) is 0 Å². The minimum absolute atomic E-state index is 0.276. The molecule has 1 aliphatic rings. The molecule has 1 aromatic carbocycles. The predicted molar refractivity (Wildman–Crippen MR) is 54.1 cm³/mol. The molecular formula is C9H10BrNO3. The molecule has 14 heavy (non-hydrogen) atoms. The van der Waals surface area contributed by atoms with Gasteiger partial charge in [-0.15, -0.1) is 0 Å². The number of hydroxylamine groups is 1. The van der Waals surface area contributed by atoms with Crippen LogP contribution in [0.25, 0.3) is 0 Å². The molecule has 0 aromatic heterocycles. The number of fused-ring (bicyclic) bond motifs is 1. The Bertz CT molecular complexity index is 343. The van der Waals surface area contributed by atoms with E-state index in [4.69, 9.17) is 14.3 Å². The molecule has 1 aliphatic heterocycles. The zero-order valence-corrected chi connectivity index (χ0v) is 9.26. The number of ether oxygens (including phenoxy) is 2. The minimum atomic E-state index is 0.276. The van der Waals surface area contributed by atoms with Crippen molar-refractivity contribution in [1.29, 1.82) is 0 Å². The summed E-state index contributed by atoms with van der Waals surface area (Å²) in [5, 5.41) is 0. The lowest BCUT2D eigenvalue weighted by Crippen LogP contribution is -2.11. The van der Waals surface area contributed by atoms with Crippen LogP contribution in [0.2, 0.25) is 0 Å². The Hall–Kier alpha value is -0.780. The van der Waals surface area contributed by atoms with Crippen LogP contribution in [-0.2, 0) is 11.4 Å². The molecule has 0 saturated heterocycles. The lowest BCUT2D eigenvalue weighted by atomic mass is 10.2. The Balaban J connectivity index is 2.29. The summed E-state index contributed by atoms with van der Waals surface area (Å²) >= 11 is 3.39. The minimum Gasteiger partial charge on any atom is -0.453 e. The van der Waals surface area contributed by atoms with E-state index in [1.807, 2.05) is 12.1 Å². The average molecular weight is 260 g/mol. The Labute approximate surface area is 90.2 Å². The van der Waals surface area contributed by atoms with Crippen molar-refractivity contribution in [2.75, 3.05) is 13.9 Å². The highest BCUT2D eigenvalue weighted by Crippen LogP contribution is 2.41. The first-order chi connectivity index (χ1) is 6.83. The monoisotopic (exact) mass is 259 g/mol. The molecule has 1 heterocycles. The van der Waals surface area contributed by atoms with Gasteiger partial charge in [-0.25, -0.2) is 0 Å². The third-order valence-corrected chi connectivity index (χ3v) is 2.58. The summed E-state index contributed by atoms with van der Waals surface area (Å²) in [5.74, 6) is 1.55. The second-order valence-electron chi connectivity index (χ2n) is 2.80. The molecule has 4 nitrogen and oxygen atoms in total. The van der Waals surface area contributed by atoms with Gasteiger partial charge in [-0.05, 0) is 22.0 Å². The second kappa shape index (κ2) is 4.16. The summed E-state index contributed by atoms with van der Waals surface area (Å²) in [4.78, 5) is 4.78. The highest BCUT2D eigenvalue weighted by atomic mass is 79.9. The molecule has 0 saturated carbocycles. The first-order valence-electron chi connectivity index (χ1n) is 4.15. The van der Waals surface area contributed by atoms with Crippen molar-refractivity contribution in [3.8, 4) is 11.5 Å². The van der Waals surface area contributed by atoms with Crippen molar-refractivity contribution >= 4 is 15.9 Å². The Morgan fingerprint density at radius 2 is 2.21 bits per heavy atom. The molecule has 0 atom stereocenters. The molecule has 0 bridgehead atoms. The summed E-state index contributed by atoms with van der Waals surface area (Å²) < 4.78 is 11.6. The summed E-state index contributed by atoms with van der Waals surface area (Å²) in [6, 6.07) is 3.89. The zero-order valence-electron chi connectivity index (χ0n) is 7.67. The molecule has 0 amide bonds. The topological polar surface area (TPSA) is 39.7 Å². The fourth-order valence-corrected chi connectivity index (χ4v) is 1.74. The van der Waals surface area contributed by atoms with E-state index in [0.717, 1.165) is 21.5 Å². The van der Waals surface area contributed by atoms with Gasteiger partial charge < -0.3 is 14.3 Å². The van der Waals surface area contributed by atoms with E-state index in [2.05, 4.69) is 21.4 Å². The number of nitrogens with one attached hydrogen (secondary N) is 1. The van der Waals surface area contributed by atoms with Crippen LogP contribution in [0.5, 0.6) is 11.5 Å². The van der Waals surface area contributed by atoms with Crippen molar-refractivity contribution in [3.05, 3.63) is 22.2 Å². The van der Waals surface area contributed by atoms with Crippen molar-refractivity contribution in [3.63, 3.8) is 0 Å². The number of benzene rings is 1. The van der Waals surface area contributed by atoms with Crippen molar-refractivity contribution in [2.45, 2.75) is 6.54 Å². The van der Waals surface area contributed by atoms with Crippen molar-refractivity contribution in [2.24, 2.45) is 0 Å². The first-order valence-corrected chi connectivity index (χ1v) is 4.95. The Morgan fingerprint density at radius 3 is 3.00 bits per heavy atom. The maximum Gasteiger partial charge on any atom is 0.231 e. The first kappa shape index (κ1) is 9.76. The van der Waals surface area contributed by atoms with Gasteiger partial charge in [-0.1, -0.05) is 6.07 Å². The number of halogens is 1. The van der Waals surface area contributed by atoms with Gasteiger partial charge in [-0.3, -0.25) is 0 Å². The quantitative estimate of drug-likeness (QED) is 0.841. The van der Waals surface area contributed by atoms with E-state index in [0.29, 0.717) is 6.54 Å². The largest absolute Gasteiger partial charge is 0.453 e. The average Bonchev–Trinajstić information content (AvgIpc) is 2.66. The molecule has 0 radical (unpaired) electrons. The van der Waals surface area contributed by atoms with Gasteiger partial charge in [0.15, 0.2) is 11.5 Å². The van der Waals surface area contributed by atoms with Gasteiger partial charge in [0.2, 0.25) is 6.79 Å². The maximum absolute atomic E-state index is 5.36. The molecular weight excluding hydrogens is 250 g/mol. The van der Waals surface area contributed by atoms with Crippen LogP contribution in [0.15, 0.2) is 16.6 Å². The standard InChI is InChI=1S/C9H10BrNO3/c1-12-11-4-6-2-3-7(10)9-8(6)13-5-14-9/h2-3,11H,4-5H2,1H3. The van der Waals surface area contributed by atoms with E-state index in [1.165, 1.54) is 0 Å². The van der Waals surface area contributed by atoms with E-state index in [9.17, 15) is 0 Å². The lowest BCUT2D eigenvalue weighted by molar-refractivity contribution is 0.0858. The van der Waals surface area contributed by atoms with E-state index < -0.39 is 0 Å². The zero-order chi connectivity index (χ0) is 9.97. The van der Waals surface area contributed by atoms with Crippen molar-refractivity contribution in [1.82, 2.24) is 5.48 Å². The molecule has 0 spiro atoms. The van der Waals surface area contributed by atoms with Crippen molar-refractivity contribution < 1.29 is 14.3 Å². The lowest BCUT2D eigenvalue weighted by Gasteiger charge is -2.06. The summed E-state index contributed by atoms with van der Waals surface area (Å²) in [6.07, 6.45) is 0. The second-order valence-corrected chi connectivity index (χ2v) is 3.65. The highest BCUT2D eigenvalue weighted by Gasteiger charge is 2.20. The number of hydrogen-bond acceptors (Lipinski definition) is 4. The number of hydrogen-bond donors (Lipinski definition) is 1. The van der Waals surface area contributed by atoms with Crippen LogP contribution >= 0.6 is 15.9 Å². The van der Waals surface area contributed by atoms with Gasteiger partial charge in [-0.2, -0.15) is 5.48 Å². The molecule has 0 aliphatic carbocycles. The fourth-order valence-electron chi connectivity index (χ4n) is 1.31. The molecule has 5 heteroatoms. The summed E-state index contributed by atoms with van der Waals surface area (Å²) in [6.45, 7) is 0.868. The van der Waals surface area contributed by atoms with Gasteiger partial charge >= 0.3 is 0 Å². The SMILES string of the molecule is CONCc1ccc(Br)c2c1OCO2. The normalized spacial score (nSPS) is 13.3. The smallest absolute Gasteiger partial charge is 0.231 e. The Kier molecular flexibility index (Phi) is 2.90. The van der Waals surface area contributed by atoms with E-state index in [1.54, 1.807) is 7.11 Å². The van der Waals surface area contributed by atoms with Crippen LogP contribution in [0, 0.1) is 0 Å². The molecule has 2 rings (SSSR count). The predicted octanol–water partition coefficient (Wildman–Crippen LogP) is 1.83. The van der Waals surface area contributed by atoms with Crippen LogP contribution < -0.4 is 15.0 Å². The Morgan fingerprint density at radius 1 is 1.43 bits per heavy atom. The van der Waals surface area contributed by atoms with Gasteiger partial charge in [0, 0.05) is 12.1 Å². The molecule has 1 N–H and O–H groups in total. The molecule has 0 unspecified atom stereocenters. The van der Waals surface area contributed by atoms with Crippen LogP contribution in [0.1, 0.15) is 5.56 Å². The summed E-state index contributed by atoms with van der Waals surface area (Å²) in [5.41, 5.74) is 3.78. The molecule has 1 aromatic rings. The van der Waals surface area contributed by atoms with Crippen LogP contribution in [0.3, 0.4) is 0 Å². The third-order valence-electron chi connectivity index (χ3n) is 1.96. The maximum atomic E-state index is 5.36. The highest BCUT2D eigenvalue weighted by molar-refractivity contribution is 9.10. The molecule has 0 fully saturated rings. The van der Waals surface area contributed by atoms with Gasteiger partial charge in [0.1, 0.15) is 0 Å². The van der Waals surface area contributed by atoms with Gasteiger partial charge in [0.25, 0.3) is 0 Å². The molecule has 76 valence electrons. The van der Waals surface area contributed by atoms with E-state index in [-0.39, 0.29) is 6.79 Å². The van der Waals surface area contributed by atoms with E-state index >= 15 is 0 Å².